The Kier molecular flexibility index (Phi) is 5.27. The number of thioether (sulfide) groups is 1. The molecular formula is C13H21N3OS2. The lowest BCUT2D eigenvalue weighted by atomic mass is 10.2. The summed E-state index contributed by atoms with van der Waals surface area (Å²) in [5, 5.41) is 12.6. The van der Waals surface area contributed by atoms with Crippen molar-refractivity contribution in [2.75, 3.05) is 18.6 Å². The van der Waals surface area contributed by atoms with Gasteiger partial charge in [-0.2, -0.15) is 11.8 Å². The molecule has 2 heterocycles. The van der Waals surface area contributed by atoms with Gasteiger partial charge >= 0.3 is 0 Å². The number of rotatable bonds is 7. The van der Waals surface area contributed by atoms with Crippen LogP contribution in [-0.4, -0.2) is 39.1 Å². The van der Waals surface area contributed by atoms with Crippen LogP contribution in [0.25, 0.3) is 4.96 Å². The van der Waals surface area contributed by atoms with Crippen molar-refractivity contribution in [1.29, 1.82) is 0 Å². The number of hydrogen-bond donors (Lipinski definition) is 2. The van der Waals surface area contributed by atoms with Crippen molar-refractivity contribution < 1.29 is 5.11 Å². The third-order valence-electron chi connectivity index (χ3n) is 3.14. The molecular weight excluding hydrogens is 278 g/mol. The van der Waals surface area contributed by atoms with E-state index in [9.17, 15) is 0 Å². The lowest BCUT2D eigenvalue weighted by molar-refractivity contribution is 0.269. The summed E-state index contributed by atoms with van der Waals surface area (Å²) in [5.74, 6) is 1.02. The largest absolute Gasteiger partial charge is 0.396 e. The maximum Gasteiger partial charge on any atom is 0.194 e. The average Bonchev–Trinajstić information content (AvgIpc) is 2.83. The van der Waals surface area contributed by atoms with Crippen LogP contribution in [0.1, 0.15) is 22.7 Å². The Labute approximate surface area is 122 Å². The molecule has 0 spiro atoms. The second-order valence-corrected chi connectivity index (χ2v) is 6.81. The summed E-state index contributed by atoms with van der Waals surface area (Å²) < 4.78 is 2.18. The Morgan fingerprint density at radius 2 is 2.32 bits per heavy atom. The highest BCUT2D eigenvalue weighted by Crippen LogP contribution is 2.20. The predicted molar refractivity (Wildman–Crippen MR) is 83.3 cm³/mol. The lowest BCUT2D eigenvalue weighted by Crippen LogP contribution is -2.32. The average molecular weight is 299 g/mol. The number of aromatic nitrogens is 2. The molecule has 19 heavy (non-hydrogen) atoms. The summed E-state index contributed by atoms with van der Waals surface area (Å²) in [5.41, 5.74) is 2.31. The number of aliphatic hydroxyl groups excluding tert-OH is 1. The number of hydrogen-bond acceptors (Lipinski definition) is 5. The van der Waals surface area contributed by atoms with Gasteiger partial charge in [0.15, 0.2) is 4.96 Å². The number of aliphatic hydroxyl groups is 1. The van der Waals surface area contributed by atoms with Crippen LogP contribution in [0.3, 0.4) is 0 Å². The Morgan fingerprint density at radius 1 is 1.53 bits per heavy atom. The molecule has 2 rings (SSSR count). The molecule has 0 radical (unpaired) electrons. The van der Waals surface area contributed by atoms with Gasteiger partial charge in [-0.05, 0) is 26.5 Å². The number of thiazole rings is 1. The fourth-order valence-electron chi connectivity index (χ4n) is 2.16. The third kappa shape index (κ3) is 3.51. The van der Waals surface area contributed by atoms with Crippen LogP contribution >= 0.6 is 23.1 Å². The molecule has 6 heteroatoms. The number of nitrogens with zero attached hydrogens (tertiary/aromatic N) is 2. The van der Waals surface area contributed by atoms with Crippen molar-refractivity contribution in [1.82, 2.24) is 14.7 Å². The molecule has 1 unspecified atom stereocenters. The van der Waals surface area contributed by atoms with Gasteiger partial charge in [-0.1, -0.05) is 0 Å². The second kappa shape index (κ2) is 6.74. The van der Waals surface area contributed by atoms with E-state index in [1.807, 2.05) is 0 Å². The molecule has 0 aliphatic carbocycles. The highest BCUT2D eigenvalue weighted by Gasteiger charge is 2.13. The van der Waals surface area contributed by atoms with E-state index in [-0.39, 0.29) is 6.61 Å². The van der Waals surface area contributed by atoms with Crippen molar-refractivity contribution in [2.24, 2.45) is 0 Å². The molecule has 2 aromatic rings. The summed E-state index contributed by atoms with van der Waals surface area (Å²) in [6.45, 7) is 5.20. The summed E-state index contributed by atoms with van der Waals surface area (Å²) in [6, 6.07) is 0.352. The predicted octanol–water partition coefficient (Wildman–Crippen LogP) is 2.22. The lowest BCUT2D eigenvalue weighted by Gasteiger charge is -2.16. The smallest absolute Gasteiger partial charge is 0.194 e. The number of nitrogens with one attached hydrogen (secondary N) is 1. The first-order valence-corrected chi connectivity index (χ1v) is 8.64. The summed E-state index contributed by atoms with van der Waals surface area (Å²) >= 11 is 3.53. The first-order chi connectivity index (χ1) is 9.15. The van der Waals surface area contributed by atoms with Crippen LogP contribution in [0.4, 0.5) is 0 Å². The molecule has 106 valence electrons. The van der Waals surface area contributed by atoms with Crippen molar-refractivity contribution in [3.63, 3.8) is 0 Å². The SMILES string of the molecule is CSCC(CCO)NCc1c(C)nc2sc(C)cn12. The highest BCUT2D eigenvalue weighted by atomic mass is 32.2. The zero-order valence-electron chi connectivity index (χ0n) is 11.6. The van der Waals surface area contributed by atoms with Crippen molar-refractivity contribution in [3.8, 4) is 0 Å². The van der Waals surface area contributed by atoms with Gasteiger partial charge in [-0.3, -0.25) is 4.40 Å². The molecule has 4 nitrogen and oxygen atoms in total. The second-order valence-electron chi connectivity index (χ2n) is 4.68. The van der Waals surface area contributed by atoms with Gasteiger partial charge in [-0.15, -0.1) is 11.3 Å². The Morgan fingerprint density at radius 3 is 3.00 bits per heavy atom. The fourth-order valence-corrected chi connectivity index (χ4v) is 3.74. The minimum atomic E-state index is 0.233. The molecule has 2 N–H and O–H groups in total. The molecule has 0 aliphatic heterocycles. The summed E-state index contributed by atoms with van der Waals surface area (Å²) in [7, 11) is 0. The Balaban J connectivity index is 2.09. The van der Waals surface area contributed by atoms with E-state index in [2.05, 4.69) is 41.0 Å². The van der Waals surface area contributed by atoms with E-state index in [0.717, 1.165) is 29.4 Å². The molecule has 2 aromatic heterocycles. The van der Waals surface area contributed by atoms with E-state index >= 15 is 0 Å². The van der Waals surface area contributed by atoms with Gasteiger partial charge in [0.25, 0.3) is 0 Å². The van der Waals surface area contributed by atoms with Crippen LogP contribution < -0.4 is 5.32 Å². The van der Waals surface area contributed by atoms with E-state index in [0.29, 0.717) is 6.04 Å². The van der Waals surface area contributed by atoms with Crippen LogP contribution in [0.5, 0.6) is 0 Å². The number of aryl methyl sites for hydroxylation is 2. The monoisotopic (exact) mass is 299 g/mol. The van der Waals surface area contributed by atoms with E-state index in [1.165, 1.54) is 10.6 Å². The van der Waals surface area contributed by atoms with Gasteiger partial charge < -0.3 is 10.4 Å². The quantitative estimate of drug-likeness (QED) is 0.823. The molecule has 0 fully saturated rings. The van der Waals surface area contributed by atoms with Gasteiger partial charge in [0.2, 0.25) is 0 Å². The Bertz CT molecular complexity index is 529. The first-order valence-electron chi connectivity index (χ1n) is 6.42. The van der Waals surface area contributed by atoms with Gasteiger partial charge in [0.1, 0.15) is 0 Å². The van der Waals surface area contributed by atoms with Crippen LogP contribution in [0, 0.1) is 13.8 Å². The normalized spacial score (nSPS) is 13.3. The van der Waals surface area contributed by atoms with Crippen LogP contribution in [-0.2, 0) is 6.54 Å². The molecule has 1 atom stereocenters. The standard InChI is InChI=1S/C13H21N3OS2/c1-9-7-16-12(10(2)15-13(16)19-9)6-14-11(4-5-17)8-18-3/h7,11,14,17H,4-6,8H2,1-3H3. The first kappa shape index (κ1) is 14.8. The van der Waals surface area contributed by atoms with Gasteiger partial charge in [0.05, 0.1) is 11.4 Å². The highest BCUT2D eigenvalue weighted by molar-refractivity contribution is 7.98. The fraction of sp³-hybridized carbons (Fsp3) is 0.615. The van der Waals surface area contributed by atoms with Crippen LogP contribution in [0.2, 0.25) is 0 Å². The summed E-state index contributed by atoms with van der Waals surface area (Å²) in [4.78, 5) is 6.93. The summed E-state index contributed by atoms with van der Waals surface area (Å²) in [6.07, 6.45) is 5.04. The van der Waals surface area contributed by atoms with Crippen LogP contribution in [0.15, 0.2) is 6.20 Å². The molecule has 0 saturated heterocycles. The Hall–Kier alpha value is -0.560. The van der Waals surface area contributed by atoms with Crippen molar-refractivity contribution in [3.05, 3.63) is 22.5 Å². The third-order valence-corrected chi connectivity index (χ3v) is 4.78. The zero-order valence-corrected chi connectivity index (χ0v) is 13.3. The van der Waals surface area contributed by atoms with Gasteiger partial charge in [-0.25, -0.2) is 4.98 Å². The van der Waals surface area contributed by atoms with Crippen molar-refractivity contribution in [2.45, 2.75) is 32.9 Å². The maximum atomic E-state index is 9.09. The number of imidazole rings is 1. The van der Waals surface area contributed by atoms with Gasteiger partial charge in [0, 0.05) is 36.0 Å². The maximum absolute atomic E-state index is 9.09. The van der Waals surface area contributed by atoms with E-state index < -0.39 is 0 Å². The van der Waals surface area contributed by atoms with E-state index in [1.54, 1.807) is 23.1 Å². The topological polar surface area (TPSA) is 49.6 Å². The minimum Gasteiger partial charge on any atom is -0.396 e. The van der Waals surface area contributed by atoms with Crippen molar-refractivity contribution >= 4 is 28.1 Å². The minimum absolute atomic E-state index is 0.233. The molecule has 0 saturated carbocycles. The molecule has 0 aliphatic rings. The van der Waals surface area contributed by atoms with E-state index in [4.69, 9.17) is 5.11 Å². The number of fused-ring (bicyclic) bond motifs is 1. The molecule has 0 bridgehead atoms. The zero-order chi connectivity index (χ0) is 13.8. The molecule has 0 amide bonds. The molecule has 0 aromatic carbocycles.